The minimum Gasteiger partial charge on any atom is -0.275 e. The summed E-state index contributed by atoms with van der Waals surface area (Å²) in [5, 5.41) is 0. The molecule has 0 amide bonds. The summed E-state index contributed by atoms with van der Waals surface area (Å²) < 4.78 is 0. The molecular formula is C6H13NO. The Hall–Kier alpha value is -0.500. The predicted molar refractivity (Wildman–Crippen MR) is 34.2 cm³/mol. The van der Waals surface area contributed by atoms with Gasteiger partial charge in [0.05, 0.1) is 6.10 Å². The van der Waals surface area contributed by atoms with E-state index < -0.39 is 0 Å². The molecule has 2 heteroatoms. The van der Waals surface area contributed by atoms with Crippen LogP contribution in [0.5, 0.6) is 0 Å². The van der Waals surface area contributed by atoms with Crippen LogP contribution >= 0.6 is 0 Å². The molecule has 2 nitrogen and oxygen atoms in total. The van der Waals surface area contributed by atoms with E-state index >= 15 is 0 Å². The van der Waals surface area contributed by atoms with Crippen molar-refractivity contribution in [2.45, 2.75) is 26.4 Å². The highest BCUT2D eigenvalue weighted by atomic mass is 16.7. The van der Waals surface area contributed by atoms with E-state index in [2.05, 4.69) is 19.0 Å². The third-order valence-electron chi connectivity index (χ3n) is 0.927. The Morgan fingerprint density at radius 1 is 1.88 bits per heavy atom. The van der Waals surface area contributed by atoms with E-state index in [1.807, 2.05) is 6.92 Å². The second-order valence-corrected chi connectivity index (χ2v) is 1.66. The molecule has 0 aromatic rings. The first kappa shape index (κ1) is 7.50. The summed E-state index contributed by atoms with van der Waals surface area (Å²) in [4.78, 5) is 4.97. The molecule has 1 atom stereocenters. The standard InChI is InChI=1S/C6H13NO/c1-4-6(3)8-7-5-2/h5-7H,2,4H2,1,3H3. The van der Waals surface area contributed by atoms with Crippen molar-refractivity contribution < 1.29 is 4.84 Å². The van der Waals surface area contributed by atoms with Gasteiger partial charge in [0, 0.05) is 6.20 Å². The largest absolute Gasteiger partial charge is 0.275 e. The Kier molecular flexibility index (Phi) is 4.36. The van der Waals surface area contributed by atoms with Gasteiger partial charge in [-0.2, -0.15) is 0 Å². The SMILES string of the molecule is C=CNOC(C)CC. The van der Waals surface area contributed by atoms with Gasteiger partial charge in [-0.3, -0.25) is 10.3 Å². The van der Waals surface area contributed by atoms with Crippen LogP contribution in [0.25, 0.3) is 0 Å². The number of nitrogens with one attached hydrogen (secondary N) is 1. The monoisotopic (exact) mass is 115 g/mol. The molecule has 0 spiro atoms. The summed E-state index contributed by atoms with van der Waals surface area (Å²) in [6, 6.07) is 0. The minimum atomic E-state index is 0.271. The normalized spacial score (nSPS) is 12.8. The molecule has 0 fully saturated rings. The Morgan fingerprint density at radius 2 is 2.50 bits per heavy atom. The minimum absolute atomic E-state index is 0.271. The number of rotatable bonds is 4. The number of hydroxylamine groups is 1. The lowest BCUT2D eigenvalue weighted by molar-refractivity contribution is 0.00846. The van der Waals surface area contributed by atoms with Crippen molar-refractivity contribution in [2.24, 2.45) is 0 Å². The van der Waals surface area contributed by atoms with Gasteiger partial charge in [-0.05, 0) is 13.3 Å². The lowest BCUT2D eigenvalue weighted by atomic mass is 10.3. The Labute approximate surface area is 50.5 Å². The van der Waals surface area contributed by atoms with Crippen LogP contribution < -0.4 is 5.48 Å². The number of hydrogen-bond donors (Lipinski definition) is 1. The van der Waals surface area contributed by atoms with Crippen LogP contribution in [-0.4, -0.2) is 6.10 Å². The highest BCUT2D eigenvalue weighted by Crippen LogP contribution is 1.90. The lowest BCUT2D eigenvalue weighted by Crippen LogP contribution is -2.15. The van der Waals surface area contributed by atoms with Crippen molar-refractivity contribution in [1.82, 2.24) is 5.48 Å². The first-order valence-electron chi connectivity index (χ1n) is 2.83. The topological polar surface area (TPSA) is 21.3 Å². The van der Waals surface area contributed by atoms with E-state index in [-0.39, 0.29) is 6.10 Å². The van der Waals surface area contributed by atoms with Gasteiger partial charge in [-0.1, -0.05) is 13.5 Å². The van der Waals surface area contributed by atoms with E-state index in [0.717, 1.165) is 6.42 Å². The van der Waals surface area contributed by atoms with Gasteiger partial charge < -0.3 is 0 Å². The molecule has 0 radical (unpaired) electrons. The summed E-state index contributed by atoms with van der Waals surface area (Å²) in [5.74, 6) is 0. The van der Waals surface area contributed by atoms with Crippen molar-refractivity contribution in [3.05, 3.63) is 12.8 Å². The van der Waals surface area contributed by atoms with Crippen molar-refractivity contribution >= 4 is 0 Å². The summed E-state index contributed by atoms with van der Waals surface area (Å²) in [6.07, 6.45) is 2.81. The van der Waals surface area contributed by atoms with Crippen LogP contribution in [0.2, 0.25) is 0 Å². The molecule has 0 bridgehead atoms. The van der Waals surface area contributed by atoms with Crippen LogP contribution in [-0.2, 0) is 4.84 Å². The van der Waals surface area contributed by atoms with Gasteiger partial charge >= 0.3 is 0 Å². The van der Waals surface area contributed by atoms with Gasteiger partial charge in [-0.15, -0.1) is 0 Å². The Morgan fingerprint density at radius 3 is 2.88 bits per heavy atom. The van der Waals surface area contributed by atoms with Crippen LogP contribution in [0.4, 0.5) is 0 Å². The van der Waals surface area contributed by atoms with E-state index in [9.17, 15) is 0 Å². The zero-order valence-corrected chi connectivity index (χ0v) is 5.48. The van der Waals surface area contributed by atoms with Crippen LogP contribution in [0.3, 0.4) is 0 Å². The van der Waals surface area contributed by atoms with E-state index in [1.165, 1.54) is 6.20 Å². The fraction of sp³-hybridized carbons (Fsp3) is 0.667. The van der Waals surface area contributed by atoms with E-state index in [4.69, 9.17) is 4.84 Å². The molecule has 1 unspecified atom stereocenters. The Balaban J connectivity index is 2.97. The van der Waals surface area contributed by atoms with Crippen LogP contribution in [0.1, 0.15) is 20.3 Å². The Bertz CT molecular complexity index is 63.5. The first-order valence-corrected chi connectivity index (χ1v) is 2.83. The summed E-state index contributed by atoms with van der Waals surface area (Å²) in [7, 11) is 0. The summed E-state index contributed by atoms with van der Waals surface area (Å²) in [5.41, 5.74) is 2.56. The highest BCUT2D eigenvalue weighted by Gasteiger charge is 1.93. The molecule has 1 N–H and O–H groups in total. The van der Waals surface area contributed by atoms with Gasteiger partial charge in [0.15, 0.2) is 0 Å². The third-order valence-corrected chi connectivity index (χ3v) is 0.927. The fourth-order valence-electron chi connectivity index (χ4n) is 0.248. The molecule has 8 heavy (non-hydrogen) atoms. The van der Waals surface area contributed by atoms with Gasteiger partial charge in [0.2, 0.25) is 0 Å². The average Bonchev–Trinajstić information content (AvgIpc) is 1.83. The second kappa shape index (κ2) is 4.65. The molecule has 0 aliphatic heterocycles. The fourth-order valence-corrected chi connectivity index (χ4v) is 0.248. The van der Waals surface area contributed by atoms with Crippen molar-refractivity contribution in [1.29, 1.82) is 0 Å². The molecule has 48 valence electrons. The third kappa shape index (κ3) is 3.68. The van der Waals surface area contributed by atoms with Crippen LogP contribution in [0, 0.1) is 0 Å². The molecule has 0 saturated carbocycles. The molecule has 0 heterocycles. The molecule has 0 aromatic carbocycles. The van der Waals surface area contributed by atoms with Gasteiger partial charge in [-0.25, -0.2) is 0 Å². The highest BCUT2D eigenvalue weighted by molar-refractivity contribution is 4.54. The molecule has 0 aliphatic carbocycles. The molecular weight excluding hydrogens is 102 g/mol. The van der Waals surface area contributed by atoms with E-state index in [0.29, 0.717) is 0 Å². The molecule has 0 aromatic heterocycles. The maximum atomic E-state index is 4.97. The summed E-state index contributed by atoms with van der Waals surface area (Å²) in [6.45, 7) is 7.49. The van der Waals surface area contributed by atoms with Crippen LogP contribution in [0.15, 0.2) is 12.8 Å². The molecule has 0 rings (SSSR count). The van der Waals surface area contributed by atoms with Crippen molar-refractivity contribution in [3.8, 4) is 0 Å². The first-order chi connectivity index (χ1) is 3.81. The van der Waals surface area contributed by atoms with E-state index in [1.54, 1.807) is 0 Å². The van der Waals surface area contributed by atoms with Crippen molar-refractivity contribution in [3.63, 3.8) is 0 Å². The maximum Gasteiger partial charge on any atom is 0.0823 e. The lowest BCUT2D eigenvalue weighted by Gasteiger charge is -2.07. The number of hydrogen-bond acceptors (Lipinski definition) is 2. The molecule has 0 saturated heterocycles. The zero-order chi connectivity index (χ0) is 6.41. The zero-order valence-electron chi connectivity index (χ0n) is 5.48. The predicted octanol–water partition coefficient (Wildman–Crippen LogP) is 1.45. The second-order valence-electron chi connectivity index (χ2n) is 1.66. The van der Waals surface area contributed by atoms with Crippen molar-refractivity contribution in [2.75, 3.05) is 0 Å². The molecule has 0 aliphatic rings. The average molecular weight is 115 g/mol. The quantitative estimate of drug-likeness (QED) is 0.560. The smallest absolute Gasteiger partial charge is 0.0823 e. The maximum absolute atomic E-state index is 4.97. The van der Waals surface area contributed by atoms with Gasteiger partial charge in [0.25, 0.3) is 0 Å². The van der Waals surface area contributed by atoms with Gasteiger partial charge in [0.1, 0.15) is 0 Å². The summed E-state index contributed by atoms with van der Waals surface area (Å²) >= 11 is 0.